The van der Waals surface area contributed by atoms with E-state index >= 15 is 9.18 Å². The van der Waals surface area contributed by atoms with Crippen LogP contribution in [0, 0.1) is 11.6 Å². The van der Waals surface area contributed by atoms with Gasteiger partial charge in [-0.05, 0) is 95.0 Å². The average Bonchev–Trinajstić information content (AvgIpc) is 3.95. The topological polar surface area (TPSA) is 269 Å². The van der Waals surface area contributed by atoms with Crippen LogP contribution in [0.25, 0.3) is 22.1 Å². The Bertz CT molecular complexity index is 3610. The predicted octanol–water partition coefficient (Wildman–Crippen LogP) is 6.28. The van der Waals surface area contributed by atoms with Crippen LogP contribution in [0.15, 0.2) is 80.9 Å². The molecule has 4 aromatic heterocycles. The lowest BCUT2D eigenvalue weighted by atomic mass is 9.79. The zero-order chi connectivity index (χ0) is 53.5. The molecule has 0 atom stereocenters. The van der Waals surface area contributed by atoms with Gasteiger partial charge in [-0.25, -0.2) is 55.9 Å². The third-order valence-electron chi connectivity index (χ3n) is 14.8. The fraction of sp³-hybridized carbons (Fsp3) is 0.429. The molecule has 10 rings (SSSR count). The number of nitrogens with one attached hydrogen (secondary N) is 1. The number of carbonyl (C=O) groups excluding carboxylic acids is 2. The van der Waals surface area contributed by atoms with Crippen molar-refractivity contribution in [3.8, 4) is 0 Å². The highest BCUT2D eigenvalue weighted by Gasteiger charge is 2.50. The number of rotatable bonds is 10. The molecule has 22 nitrogen and oxygen atoms in total. The molecule has 26 heteroatoms. The molecule has 2 amide bonds. The summed E-state index contributed by atoms with van der Waals surface area (Å²) in [4.78, 5) is 51.0. The van der Waals surface area contributed by atoms with Crippen molar-refractivity contribution in [3.05, 3.63) is 72.6 Å². The minimum absolute atomic E-state index is 0.00156. The maximum absolute atomic E-state index is 16.0. The average molecular weight is 1070 g/mol. The Kier molecular flexibility index (Phi) is 12.9. The summed E-state index contributed by atoms with van der Waals surface area (Å²) in [7, 11) is -5.44. The van der Waals surface area contributed by atoms with Gasteiger partial charge in [0.15, 0.2) is 11.7 Å². The highest BCUT2D eigenvalue weighted by Crippen LogP contribution is 2.48. The van der Waals surface area contributed by atoms with Gasteiger partial charge in [0.25, 0.3) is 0 Å². The number of anilines is 6. The number of primary sulfonamides is 2. The largest absolute Gasteiger partial charge is 0.324 e. The number of halogens is 2. The summed E-state index contributed by atoms with van der Waals surface area (Å²) in [5.74, 6) is -0.348. The maximum atomic E-state index is 16.0. The van der Waals surface area contributed by atoms with Gasteiger partial charge < -0.3 is 15.1 Å². The number of likely N-dealkylation sites (N-methyl/N-ethyl adjacent to an activating group) is 2. The second kappa shape index (κ2) is 18.9. The van der Waals surface area contributed by atoms with Crippen LogP contribution in [0.3, 0.4) is 0 Å². The molecule has 4 aliphatic rings. The number of amides is 2. The maximum Gasteiger partial charge on any atom is 0.247 e. The summed E-state index contributed by atoms with van der Waals surface area (Å²) in [6, 6.07) is 10.5. The molecule has 396 valence electrons. The highest BCUT2D eigenvalue weighted by molar-refractivity contribution is 7.89. The summed E-state index contributed by atoms with van der Waals surface area (Å²) >= 11 is 0. The summed E-state index contributed by atoms with van der Waals surface area (Å²) in [6.45, 7) is 7.32. The van der Waals surface area contributed by atoms with Crippen LogP contribution in [-0.2, 0) is 40.7 Å². The van der Waals surface area contributed by atoms with Gasteiger partial charge in [0.1, 0.15) is 62.0 Å². The van der Waals surface area contributed by atoms with Crippen LogP contribution in [0.2, 0.25) is 0 Å². The third kappa shape index (κ3) is 8.79. The first-order valence-corrected chi connectivity index (χ1v) is 27.9. The number of aromatic nitrogens is 6. The number of hydrazone groups is 2. The number of amidine groups is 2. The number of nitrogens with two attached hydrogens (primary N) is 2. The van der Waals surface area contributed by atoms with E-state index in [1.165, 1.54) is 28.9 Å². The van der Waals surface area contributed by atoms with Crippen molar-refractivity contribution in [2.45, 2.75) is 119 Å². The molecule has 2 aromatic carbocycles. The molecule has 2 saturated carbocycles. The molecule has 75 heavy (non-hydrogen) atoms. The van der Waals surface area contributed by atoms with Gasteiger partial charge >= 0.3 is 0 Å². The minimum Gasteiger partial charge on any atom is -0.324 e. The van der Waals surface area contributed by atoms with Crippen molar-refractivity contribution in [2.24, 2.45) is 20.5 Å². The van der Waals surface area contributed by atoms with E-state index in [2.05, 4.69) is 19.4 Å². The second-order valence-corrected chi connectivity index (χ2v) is 22.9. The molecular weight excluding hydrogens is 1010 g/mol. The summed E-state index contributed by atoms with van der Waals surface area (Å²) in [5, 5.41) is 28.9. The lowest BCUT2D eigenvalue weighted by Gasteiger charge is -2.47. The molecule has 2 aliphatic heterocycles. The van der Waals surface area contributed by atoms with Crippen LogP contribution in [-0.4, -0.2) is 112 Å². The molecule has 2 spiro atoms. The van der Waals surface area contributed by atoms with Crippen LogP contribution >= 0.6 is 0 Å². The Morgan fingerprint density at radius 1 is 0.733 bits per heavy atom. The van der Waals surface area contributed by atoms with Crippen molar-refractivity contribution in [1.29, 1.82) is 0 Å². The van der Waals surface area contributed by atoms with E-state index in [-0.39, 0.29) is 35.2 Å². The highest BCUT2D eigenvalue weighted by atomic mass is 32.2. The van der Waals surface area contributed by atoms with E-state index in [1.807, 2.05) is 37.9 Å². The lowest BCUT2D eigenvalue weighted by molar-refractivity contribution is -0.125. The molecule has 6 heterocycles. The van der Waals surface area contributed by atoms with Crippen LogP contribution < -0.4 is 30.5 Å². The number of fused-ring (bicyclic) bond motifs is 8. The van der Waals surface area contributed by atoms with Crippen molar-refractivity contribution >= 4 is 101 Å². The Hall–Kier alpha value is -7.16. The van der Waals surface area contributed by atoms with Crippen molar-refractivity contribution in [2.75, 3.05) is 47.4 Å². The molecular formula is C49H58F2N16O6S2. The van der Waals surface area contributed by atoms with E-state index in [4.69, 9.17) is 35.4 Å². The number of carbonyl (C=O) groups is 2. The molecule has 0 radical (unpaired) electrons. The Balaban J connectivity index is 1.07. The predicted molar refractivity (Wildman–Crippen MR) is 280 cm³/mol. The number of benzene rings is 2. The van der Waals surface area contributed by atoms with E-state index < -0.39 is 65.0 Å². The molecule has 6 aromatic rings. The third-order valence-corrected chi connectivity index (χ3v) is 16.7. The minimum atomic E-state index is -4.48. The molecule has 2 aliphatic carbocycles. The van der Waals surface area contributed by atoms with Gasteiger partial charge in [0.05, 0.1) is 0 Å². The first-order chi connectivity index (χ1) is 35.6. The van der Waals surface area contributed by atoms with Crippen molar-refractivity contribution in [1.82, 2.24) is 38.9 Å². The number of hydrogen-bond donors (Lipinski definition) is 3. The molecule has 0 unspecified atom stereocenters. The van der Waals surface area contributed by atoms with Crippen LogP contribution in [0.4, 0.5) is 43.7 Å². The van der Waals surface area contributed by atoms with Crippen molar-refractivity contribution in [3.63, 3.8) is 0 Å². The fourth-order valence-corrected chi connectivity index (χ4v) is 12.4. The van der Waals surface area contributed by atoms with Gasteiger partial charge in [0, 0.05) is 68.1 Å². The smallest absolute Gasteiger partial charge is 0.247 e. The Morgan fingerprint density at radius 3 is 1.84 bits per heavy atom. The quantitative estimate of drug-likeness (QED) is 0.136. The fourth-order valence-electron chi connectivity index (χ4n) is 11.2. The zero-order valence-corrected chi connectivity index (χ0v) is 44.0. The zero-order valence-electron chi connectivity index (χ0n) is 42.3. The number of hydrogen-bond acceptors (Lipinski definition) is 16. The Labute approximate surface area is 432 Å². The van der Waals surface area contributed by atoms with E-state index in [1.54, 1.807) is 36.4 Å². The van der Waals surface area contributed by atoms with Gasteiger partial charge in [-0.15, -0.1) is 0 Å². The Morgan fingerprint density at radius 2 is 1.28 bits per heavy atom. The molecule has 2 fully saturated rings. The molecule has 5 N–H and O–H groups in total. The van der Waals surface area contributed by atoms with Crippen LogP contribution in [0.1, 0.15) is 91.9 Å². The van der Waals surface area contributed by atoms with E-state index in [0.717, 1.165) is 68.6 Å². The molecule has 0 saturated heterocycles. The monoisotopic (exact) mass is 1070 g/mol. The van der Waals surface area contributed by atoms with Gasteiger partial charge in [-0.3, -0.25) is 23.6 Å². The van der Waals surface area contributed by atoms with Crippen LogP contribution in [0.5, 0.6) is 0 Å². The van der Waals surface area contributed by atoms with Gasteiger partial charge in [-0.2, -0.15) is 20.2 Å². The second-order valence-electron chi connectivity index (χ2n) is 19.9. The normalized spacial score (nSPS) is 17.3. The summed E-state index contributed by atoms with van der Waals surface area (Å²) in [5.41, 5.74) is -0.492. The number of nitrogens with zero attached hydrogens (tertiary/aromatic N) is 13. The standard InChI is InChI=1S/C49H58F2N16O6S2/c1-7-64-39-22-31-26-54-46(56-33-14-16-37(35(50)24-33)74(52,70)71)57-42(31)65(39)48(18-10-8-11-19-48)44(59-64)62(6)41(69)28-63(34-15-17-38(36(51)25-34)75(53,72)73)47-55-27-32-23-40-66(43(32)58-47)49(20-12-9-13-21-49)45(61(5)30(4)68)60-67(40)29(2)3/h14-17,22-27,29H,7-13,18-21,28H2,1-6H3,(H2,52,70,71)(H2,53,72,73)(H,54,56,57). The first kappa shape index (κ1) is 51.3. The van der Waals surface area contributed by atoms with Gasteiger partial charge in [-0.1, -0.05) is 38.5 Å². The SMILES string of the molecule is CCN1N=C(N(C)C(=O)CN(c2ccc(S(N)(=O)=O)c(F)c2)c2ncc3cc4n(c3n2)C2(CCCCC2)C(N(C)C(C)=O)=NN4C(C)C)C2(CCCCC2)n2c1cc1cnc(Nc3ccc(S(N)(=O)=O)c(F)c3)nc12. The van der Waals surface area contributed by atoms with E-state index in [9.17, 15) is 26.0 Å². The van der Waals surface area contributed by atoms with Crippen molar-refractivity contribution < 1.29 is 35.2 Å². The summed E-state index contributed by atoms with van der Waals surface area (Å²) < 4.78 is 83.9. The number of sulfonamides is 2. The first-order valence-electron chi connectivity index (χ1n) is 24.8. The lowest BCUT2D eigenvalue weighted by Crippen LogP contribution is -2.57. The summed E-state index contributed by atoms with van der Waals surface area (Å²) in [6.07, 6.45) is 10.9. The van der Waals surface area contributed by atoms with Gasteiger partial charge in [0.2, 0.25) is 43.8 Å². The molecule has 0 bridgehead atoms. The van der Waals surface area contributed by atoms with E-state index in [0.29, 0.717) is 71.8 Å².